The van der Waals surface area contributed by atoms with E-state index in [1.165, 1.54) is 11.3 Å². The summed E-state index contributed by atoms with van der Waals surface area (Å²) >= 11 is 1.46. The molecule has 0 unspecified atom stereocenters. The van der Waals surface area contributed by atoms with E-state index in [-0.39, 0.29) is 16.3 Å². The Kier molecular flexibility index (Phi) is 5.49. The number of hydrogen-bond donors (Lipinski definition) is 3. The summed E-state index contributed by atoms with van der Waals surface area (Å²) in [5.74, 6) is -0.561. The summed E-state index contributed by atoms with van der Waals surface area (Å²) in [4.78, 5) is 12.9. The van der Waals surface area contributed by atoms with E-state index >= 15 is 0 Å². The van der Waals surface area contributed by atoms with E-state index in [2.05, 4.69) is 15.2 Å². The first-order valence-electron chi connectivity index (χ1n) is 9.12. The molecule has 0 aliphatic heterocycles. The highest BCUT2D eigenvalue weighted by Gasteiger charge is 2.23. The van der Waals surface area contributed by atoms with Crippen LogP contribution in [0.15, 0.2) is 74.8 Å². The number of nitrogens with two attached hydrogens (primary N) is 1. The van der Waals surface area contributed by atoms with E-state index in [9.17, 15) is 13.2 Å². The number of carbonyl (C=O) groups is 1. The van der Waals surface area contributed by atoms with Crippen LogP contribution in [0.4, 0.5) is 17.3 Å². The molecule has 2 aromatic heterocycles. The standard InChI is InChI=1S/C21H18N4O4S2/c1-13-2-8-17(9-3-13)31(27,28)25-16-6-4-15(5-7-16)23-21(26)18-19(24-29-20(18)22)14-10-11-30-12-14/h2-12,25H,22H2,1H3,(H,23,26). The summed E-state index contributed by atoms with van der Waals surface area (Å²) in [6, 6.07) is 14.6. The molecule has 0 radical (unpaired) electrons. The molecule has 0 bridgehead atoms. The maximum atomic E-state index is 12.7. The molecule has 10 heteroatoms. The lowest BCUT2D eigenvalue weighted by molar-refractivity contribution is 0.102. The Bertz CT molecular complexity index is 1310. The molecular weight excluding hydrogens is 436 g/mol. The second-order valence-electron chi connectivity index (χ2n) is 6.73. The van der Waals surface area contributed by atoms with Gasteiger partial charge in [-0.15, -0.1) is 0 Å². The summed E-state index contributed by atoms with van der Waals surface area (Å²) in [6.45, 7) is 1.88. The van der Waals surface area contributed by atoms with Crippen LogP contribution in [-0.4, -0.2) is 19.5 Å². The Hall–Kier alpha value is -3.63. The van der Waals surface area contributed by atoms with Crippen molar-refractivity contribution in [1.29, 1.82) is 0 Å². The van der Waals surface area contributed by atoms with Gasteiger partial charge in [-0.3, -0.25) is 9.52 Å². The van der Waals surface area contributed by atoms with Gasteiger partial charge in [-0.25, -0.2) is 8.42 Å². The van der Waals surface area contributed by atoms with Crippen LogP contribution in [0.1, 0.15) is 15.9 Å². The molecule has 0 atom stereocenters. The van der Waals surface area contributed by atoms with E-state index in [0.29, 0.717) is 17.1 Å². The third kappa shape index (κ3) is 4.44. The molecule has 0 aliphatic rings. The summed E-state index contributed by atoms with van der Waals surface area (Å²) in [7, 11) is -3.71. The molecule has 8 nitrogen and oxygen atoms in total. The zero-order chi connectivity index (χ0) is 22.0. The van der Waals surface area contributed by atoms with Crippen LogP contribution in [-0.2, 0) is 10.0 Å². The van der Waals surface area contributed by atoms with Crippen molar-refractivity contribution in [1.82, 2.24) is 5.16 Å². The van der Waals surface area contributed by atoms with Gasteiger partial charge in [0.15, 0.2) is 0 Å². The molecule has 0 fully saturated rings. The van der Waals surface area contributed by atoms with Gasteiger partial charge in [0.2, 0.25) is 5.88 Å². The third-order valence-corrected chi connectivity index (χ3v) is 6.55. The number of thiophene rings is 1. The molecule has 1 amide bonds. The van der Waals surface area contributed by atoms with Gasteiger partial charge in [0.25, 0.3) is 15.9 Å². The Morgan fingerprint density at radius 3 is 2.35 bits per heavy atom. The molecule has 0 spiro atoms. The normalized spacial score (nSPS) is 11.3. The Morgan fingerprint density at radius 1 is 1.03 bits per heavy atom. The van der Waals surface area contributed by atoms with Gasteiger partial charge in [-0.1, -0.05) is 22.9 Å². The van der Waals surface area contributed by atoms with Crippen molar-refractivity contribution in [3.63, 3.8) is 0 Å². The first-order chi connectivity index (χ1) is 14.8. The number of aryl methyl sites for hydroxylation is 1. The van der Waals surface area contributed by atoms with Gasteiger partial charge >= 0.3 is 0 Å². The number of anilines is 3. The highest BCUT2D eigenvalue weighted by Crippen LogP contribution is 2.29. The molecule has 31 heavy (non-hydrogen) atoms. The summed E-state index contributed by atoms with van der Waals surface area (Å²) in [5.41, 5.74) is 8.82. The van der Waals surface area contributed by atoms with Crippen molar-refractivity contribution in [2.24, 2.45) is 0 Å². The van der Waals surface area contributed by atoms with Crippen LogP contribution in [0.25, 0.3) is 11.3 Å². The number of hydrogen-bond acceptors (Lipinski definition) is 7. The predicted octanol–water partition coefficient (Wildman–Crippen LogP) is 4.35. The Balaban J connectivity index is 1.49. The van der Waals surface area contributed by atoms with Gasteiger partial charge in [0.1, 0.15) is 11.3 Å². The zero-order valence-corrected chi connectivity index (χ0v) is 18.0. The highest BCUT2D eigenvalue weighted by atomic mass is 32.2. The molecular formula is C21H18N4O4S2. The first-order valence-corrected chi connectivity index (χ1v) is 11.5. The fourth-order valence-corrected chi connectivity index (χ4v) is 4.56. The number of amides is 1. The maximum absolute atomic E-state index is 12.7. The summed E-state index contributed by atoms with van der Waals surface area (Å²) in [5, 5.41) is 10.3. The second-order valence-corrected chi connectivity index (χ2v) is 9.19. The quantitative estimate of drug-likeness (QED) is 0.397. The molecule has 4 aromatic rings. The second kappa shape index (κ2) is 8.25. The summed E-state index contributed by atoms with van der Waals surface area (Å²) < 4.78 is 32.5. The maximum Gasteiger partial charge on any atom is 0.263 e. The average molecular weight is 455 g/mol. The lowest BCUT2D eigenvalue weighted by Crippen LogP contribution is -2.15. The van der Waals surface area contributed by atoms with Gasteiger partial charge < -0.3 is 15.6 Å². The number of nitrogens with one attached hydrogen (secondary N) is 2. The van der Waals surface area contributed by atoms with Crippen molar-refractivity contribution in [2.75, 3.05) is 15.8 Å². The van der Waals surface area contributed by atoms with Crippen molar-refractivity contribution < 1.29 is 17.7 Å². The minimum absolute atomic E-state index is 0.0822. The minimum Gasteiger partial charge on any atom is -0.367 e. The topological polar surface area (TPSA) is 127 Å². The molecule has 0 saturated heterocycles. The molecule has 2 aromatic carbocycles. The zero-order valence-electron chi connectivity index (χ0n) is 16.3. The molecule has 2 heterocycles. The largest absolute Gasteiger partial charge is 0.367 e. The number of benzene rings is 2. The van der Waals surface area contributed by atoms with Crippen LogP contribution in [0.5, 0.6) is 0 Å². The van der Waals surface area contributed by atoms with E-state index < -0.39 is 15.9 Å². The molecule has 158 valence electrons. The molecule has 0 aliphatic carbocycles. The Labute approximate surface area is 182 Å². The number of aromatic nitrogens is 1. The minimum atomic E-state index is -3.71. The van der Waals surface area contributed by atoms with Crippen molar-refractivity contribution in [3.8, 4) is 11.3 Å². The van der Waals surface area contributed by atoms with Crippen LogP contribution in [0.3, 0.4) is 0 Å². The lowest BCUT2D eigenvalue weighted by atomic mass is 10.1. The van der Waals surface area contributed by atoms with E-state index in [1.54, 1.807) is 48.5 Å². The van der Waals surface area contributed by atoms with E-state index in [0.717, 1.165) is 11.1 Å². The summed E-state index contributed by atoms with van der Waals surface area (Å²) in [6.07, 6.45) is 0. The number of sulfonamides is 1. The van der Waals surface area contributed by atoms with Gasteiger partial charge in [-0.2, -0.15) is 11.3 Å². The van der Waals surface area contributed by atoms with Gasteiger partial charge in [-0.05, 0) is 54.8 Å². The van der Waals surface area contributed by atoms with Crippen LogP contribution >= 0.6 is 11.3 Å². The molecule has 0 saturated carbocycles. The smallest absolute Gasteiger partial charge is 0.263 e. The number of rotatable bonds is 6. The van der Waals surface area contributed by atoms with E-state index in [1.807, 2.05) is 23.8 Å². The number of carbonyl (C=O) groups excluding carboxylic acids is 1. The monoisotopic (exact) mass is 454 g/mol. The van der Waals surface area contributed by atoms with Gasteiger partial charge in [0, 0.05) is 22.3 Å². The highest BCUT2D eigenvalue weighted by molar-refractivity contribution is 7.92. The SMILES string of the molecule is Cc1ccc(S(=O)(=O)Nc2ccc(NC(=O)c3c(-c4ccsc4)noc3N)cc2)cc1. The predicted molar refractivity (Wildman–Crippen MR) is 121 cm³/mol. The fraction of sp³-hybridized carbons (Fsp3) is 0.0476. The van der Waals surface area contributed by atoms with Crippen LogP contribution in [0, 0.1) is 6.92 Å². The first kappa shape index (κ1) is 20.6. The fourth-order valence-electron chi connectivity index (χ4n) is 2.87. The molecule has 4 rings (SSSR count). The van der Waals surface area contributed by atoms with Crippen LogP contribution in [0.2, 0.25) is 0 Å². The lowest BCUT2D eigenvalue weighted by Gasteiger charge is -2.10. The van der Waals surface area contributed by atoms with E-state index in [4.69, 9.17) is 10.3 Å². The van der Waals surface area contributed by atoms with Crippen LogP contribution < -0.4 is 15.8 Å². The Morgan fingerprint density at radius 2 is 1.71 bits per heavy atom. The van der Waals surface area contributed by atoms with Crippen molar-refractivity contribution in [3.05, 3.63) is 76.5 Å². The molecule has 4 N–H and O–H groups in total. The van der Waals surface area contributed by atoms with Crippen molar-refractivity contribution >= 4 is 44.5 Å². The van der Waals surface area contributed by atoms with Gasteiger partial charge in [0.05, 0.1) is 4.90 Å². The number of nitrogen functional groups attached to an aromatic ring is 1. The average Bonchev–Trinajstić information content (AvgIpc) is 3.39. The van der Waals surface area contributed by atoms with Crippen molar-refractivity contribution in [2.45, 2.75) is 11.8 Å². The number of nitrogens with zero attached hydrogens (tertiary/aromatic N) is 1. The third-order valence-electron chi connectivity index (χ3n) is 4.47.